The number of rotatable bonds is 3. The molecule has 0 aromatic carbocycles. The van der Waals surface area contributed by atoms with Gasteiger partial charge in [0.2, 0.25) is 5.82 Å². The zero-order valence-corrected chi connectivity index (χ0v) is 8.67. The van der Waals surface area contributed by atoms with Crippen LogP contribution in [0.5, 0.6) is 0 Å². The Bertz CT molecular complexity index is 303. The molecule has 0 unspecified atom stereocenters. The van der Waals surface area contributed by atoms with Crippen molar-refractivity contribution in [3.8, 4) is 0 Å². The van der Waals surface area contributed by atoms with E-state index in [-0.39, 0.29) is 0 Å². The highest BCUT2D eigenvalue weighted by molar-refractivity contribution is 5.06. The third-order valence-electron chi connectivity index (χ3n) is 1.97. The van der Waals surface area contributed by atoms with Crippen LogP contribution in [0, 0.1) is 5.92 Å². The quantitative estimate of drug-likeness (QED) is 0.779. The largest absolute Gasteiger partial charge is 0.451 e. The molecular weight excluding hydrogens is 205 g/mol. The maximum absolute atomic E-state index is 12.1. The number of halogens is 3. The molecule has 0 aliphatic heterocycles. The lowest BCUT2D eigenvalue weighted by atomic mass is 10.1. The SMILES string of the molecule is CC(C)CCc1cnc(C(F)(F)F)nc1. The summed E-state index contributed by atoms with van der Waals surface area (Å²) in [5.74, 6) is -0.553. The molecule has 0 aliphatic rings. The smallest absolute Gasteiger partial charge is 0.233 e. The zero-order valence-electron chi connectivity index (χ0n) is 8.67. The van der Waals surface area contributed by atoms with Crippen molar-refractivity contribution >= 4 is 0 Å². The number of nitrogens with zero attached hydrogens (tertiary/aromatic N) is 2. The molecular formula is C10H13F3N2. The first-order chi connectivity index (χ1) is 6.89. The lowest BCUT2D eigenvalue weighted by Gasteiger charge is -2.06. The normalized spacial score (nSPS) is 12.1. The van der Waals surface area contributed by atoms with E-state index in [1.165, 1.54) is 12.4 Å². The molecule has 0 saturated carbocycles. The first kappa shape index (κ1) is 11.9. The molecule has 0 aliphatic carbocycles. The summed E-state index contributed by atoms with van der Waals surface area (Å²) in [6.45, 7) is 4.12. The van der Waals surface area contributed by atoms with Crippen molar-refractivity contribution in [2.45, 2.75) is 32.9 Å². The summed E-state index contributed by atoms with van der Waals surface area (Å²) in [4.78, 5) is 6.58. The van der Waals surface area contributed by atoms with Gasteiger partial charge in [0.05, 0.1) is 0 Å². The average molecular weight is 218 g/mol. The minimum Gasteiger partial charge on any atom is -0.233 e. The van der Waals surface area contributed by atoms with E-state index in [2.05, 4.69) is 23.8 Å². The third-order valence-corrected chi connectivity index (χ3v) is 1.97. The van der Waals surface area contributed by atoms with Crippen molar-refractivity contribution in [1.82, 2.24) is 9.97 Å². The van der Waals surface area contributed by atoms with Crippen molar-refractivity contribution < 1.29 is 13.2 Å². The second-order valence-corrected chi connectivity index (χ2v) is 3.85. The van der Waals surface area contributed by atoms with Crippen LogP contribution in [0.2, 0.25) is 0 Å². The zero-order chi connectivity index (χ0) is 11.5. The van der Waals surface area contributed by atoms with Gasteiger partial charge < -0.3 is 0 Å². The van der Waals surface area contributed by atoms with E-state index < -0.39 is 12.0 Å². The Morgan fingerprint density at radius 3 is 2.13 bits per heavy atom. The Labute approximate surface area is 86.6 Å². The molecule has 0 spiro atoms. The van der Waals surface area contributed by atoms with E-state index in [0.29, 0.717) is 5.92 Å². The molecule has 1 rings (SSSR count). The highest BCUT2D eigenvalue weighted by atomic mass is 19.4. The van der Waals surface area contributed by atoms with Crippen molar-refractivity contribution in [3.05, 3.63) is 23.8 Å². The van der Waals surface area contributed by atoms with Crippen LogP contribution in [-0.4, -0.2) is 9.97 Å². The second-order valence-electron chi connectivity index (χ2n) is 3.85. The predicted octanol–water partition coefficient (Wildman–Crippen LogP) is 3.08. The molecule has 0 fully saturated rings. The van der Waals surface area contributed by atoms with E-state index in [0.717, 1.165) is 18.4 Å². The van der Waals surface area contributed by atoms with Crippen molar-refractivity contribution in [2.75, 3.05) is 0 Å². The van der Waals surface area contributed by atoms with Gasteiger partial charge >= 0.3 is 6.18 Å². The molecule has 84 valence electrons. The van der Waals surface area contributed by atoms with Crippen molar-refractivity contribution in [2.24, 2.45) is 5.92 Å². The molecule has 0 amide bonds. The van der Waals surface area contributed by atoms with Gasteiger partial charge in [-0.3, -0.25) is 0 Å². The van der Waals surface area contributed by atoms with E-state index in [1.54, 1.807) is 0 Å². The van der Waals surface area contributed by atoms with Crippen LogP contribution in [-0.2, 0) is 12.6 Å². The highest BCUT2D eigenvalue weighted by Gasteiger charge is 2.34. The Morgan fingerprint density at radius 1 is 1.20 bits per heavy atom. The maximum atomic E-state index is 12.1. The van der Waals surface area contributed by atoms with Crippen LogP contribution in [0.4, 0.5) is 13.2 Å². The maximum Gasteiger partial charge on any atom is 0.451 e. The fourth-order valence-electron chi connectivity index (χ4n) is 1.09. The van der Waals surface area contributed by atoms with E-state index in [1.807, 2.05) is 0 Å². The van der Waals surface area contributed by atoms with Crippen molar-refractivity contribution in [3.63, 3.8) is 0 Å². The van der Waals surface area contributed by atoms with Gasteiger partial charge in [0.15, 0.2) is 0 Å². The van der Waals surface area contributed by atoms with Crippen LogP contribution in [0.1, 0.15) is 31.7 Å². The van der Waals surface area contributed by atoms with Gasteiger partial charge in [0.1, 0.15) is 0 Å². The predicted molar refractivity (Wildman–Crippen MR) is 50.2 cm³/mol. The molecule has 0 saturated heterocycles. The fraction of sp³-hybridized carbons (Fsp3) is 0.600. The molecule has 1 aromatic rings. The van der Waals surface area contributed by atoms with Crippen LogP contribution in [0.15, 0.2) is 12.4 Å². The average Bonchev–Trinajstić information content (AvgIpc) is 2.14. The summed E-state index contributed by atoms with van der Waals surface area (Å²) in [6, 6.07) is 0. The van der Waals surface area contributed by atoms with Gasteiger partial charge in [-0.25, -0.2) is 9.97 Å². The van der Waals surface area contributed by atoms with Crippen LogP contribution in [0.25, 0.3) is 0 Å². The van der Waals surface area contributed by atoms with Gasteiger partial charge in [0, 0.05) is 12.4 Å². The summed E-state index contributed by atoms with van der Waals surface area (Å²) >= 11 is 0. The van der Waals surface area contributed by atoms with E-state index in [4.69, 9.17) is 0 Å². The minimum absolute atomic E-state index is 0.521. The lowest BCUT2D eigenvalue weighted by Crippen LogP contribution is -2.11. The number of hydrogen-bond acceptors (Lipinski definition) is 2. The summed E-state index contributed by atoms with van der Waals surface area (Å²) in [7, 11) is 0. The topological polar surface area (TPSA) is 25.8 Å². The van der Waals surface area contributed by atoms with Gasteiger partial charge in [-0.2, -0.15) is 13.2 Å². The van der Waals surface area contributed by atoms with Gasteiger partial charge in [-0.15, -0.1) is 0 Å². The van der Waals surface area contributed by atoms with Crippen LogP contribution < -0.4 is 0 Å². The second kappa shape index (κ2) is 4.59. The molecule has 0 bridgehead atoms. The molecule has 1 heterocycles. The molecule has 15 heavy (non-hydrogen) atoms. The monoisotopic (exact) mass is 218 g/mol. The van der Waals surface area contributed by atoms with Gasteiger partial charge in [-0.05, 0) is 24.3 Å². The van der Waals surface area contributed by atoms with Crippen LogP contribution in [0.3, 0.4) is 0 Å². The Hall–Kier alpha value is -1.13. The molecule has 2 nitrogen and oxygen atoms in total. The van der Waals surface area contributed by atoms with Gasteiger partial charge in [-0.1, -0.05) is 13.8 Å². The summed E-state index contributed by atoms with van der Waals surface area (Å²) in [6.07, 6.45) is -0.308. The Kier molecular flexibility index (Phi) is 3.66. The van der Waals surface area contributed by atoms with Crippen LogP contribution >= 0.6 is 0 Å². The third kappa shape index (κ3) is 3.85. The van der Waals surface area contributed by atoms with Crippen molar-refractivity contribution in [1.29, 1.82) is 0 Å². The summed E-state index contributed by atoms with van der Waals surface area (Å²) in [5.41, 5.74) is 0.747. The highest BCUT2D eigenvalue weighted by Crippen LogP contribution is 2.25. The molecule has 5 heteroatoms. The summed E-state index contributed by atoms with van der Waals surface area (Å²) in [5, 5.41) is 0. The minimum atomic E-state index is -4.45. The van der Waals surface area contributed by atoms with E-state index in [9.17, 15) is 13.2 Å². The van der Waals surface area contributed by atoms with E-state index >= 15 is 0 Å². The van der Waals surface area contributed by atoms with Gasteiger partial charge in [0.25, 0.3) is 0 Å². The molecule has 0 N–H and O–H groups in total. The molecule has 0 atom stereocenters. The Morgan fingerprint density at radius 2 is 1.73 bits per heavy atom. The standard InChI is InChI=1S/C10H13F3N2/c1-7(2)3-4-8-5-14-9(15-6-8)10(11,12)13/h5-7H,3-4H2,1-2H3. The fourth-order valence-corrected chi connectivity index (χ4v) is 1.09. The number of aromatic nitrogens is 2. The first-order valence-corrected chi connectivity index (χ1v) is 4.77. The molecule has 0 radical (unpaired) electrons. The lowest BCUT2D eigenvalue weighted by molar-refractivity contribution is -0.145. The summed E-state index contributed by atoms with van der Waals surface area (Å²) < 4.78 is 36.3. The number of alkyl halides is 3. The molecule has 1 aromatic heterocycles. The Balaban J connectivity index is 2.65. The number of hydrogen-bond donors (Lipinski definition) is 0. The first-order valence-electron chi connectivity index (χ1n) is 4.77. The number of aryl methyl sites for hydroxylation is 1.